The van der Waals surface area contributed by atoms with Crippen molar-refractivity contribution in [1.82, 2.24) is 4.98 Å². The molecule has 0 atom stereocenters. The number of carbonyl (C=O) groups is 1. The van der Waals surface area contributed by atoms with Crippen LogP contribution in [-0.4, -0.2) is 22.7 Å². The quantitative estimate of drug-likeness (QED) is 0.842. The van der Waals surface area contributed by atoms with E-state index in [1.54, 1.807) is 43.6 Å². The number of carbonyl (C=O) groups excluding carboxylic acids is 1. The van der Waals surface area contributed by atoms with Gasteiger partial charge in [-0.05, 0) is 30.7 Å². The molecule has 1 aromatic heterocycles. The van der Waals surface area contributed by atoms with Crippen LogP contribution in [0, 0.1) is 0 Å². The van der Waals surface area contributed by atoms with Gasteiger partial charge in [-0.15, -0.1) is 0 Å². The summed E-state index contributed by atoms with van der Waals surface area (Å²) in [6, 6.07) is 8.47. The lowest BCUT2D eigenvalue weighted by molar-refractivity contribution is 0.0524. The number of aromatic hydroxyl groups is 1. The summed E-state index contributed by atoms with van der Waals surface area (Å²) in [6.07, 6.45) is 3.27. The Balaban J connectivity index is 2.55. The molecule has 0 fully saturated rings. The zero-order valence-corrected chi connectivity index (χ0v) is 9.96. The monoisotopic (exact) mass is 243 g/mol. The molecule has 0 radical (unpaired) electrons. The minimum Gasteiger partial charge on any atom is -0.507 e. The number of hydrogen-bond donors (Lipinski definition) is 1. The number of rotatable bonds is 3. The topological polar surface area (TPSA) is 59.4 Å². The maximum atomic E-state index is 11.9. The molecule has 1 heterocycles. The first kappa shape index (κ1) is 12.1. The minimum atomic E-state index is -0.526. The Morgan fingerprint density at radius 3 is 2.67 bits per heavy atom. The first-order chi connectivity index (χ1) is 8.74. The molecular formula is C14H13NO3. The van der Waals surface area contributed by atoms with Crippen molar-refractivity contribution in [3.63, 3.8) is 0 Å². The smallest absolute Gasteiger partial charge is 0.342 e. The van der Waals surface area contributed by atoms with E-state index in [1.165, 1.54) is 6.07 Å². The van der Waals surface area contributed by atoms with Gasteiger partial charge < -0.3 is 9.84 Å². The van der Waals surface area contributed by atoms with E-state index >= 15 is 0 Å². The summed E-state index contributed by atoms with van der Waals surface area (Å²) in [5.74, 6) is -0.606. The second kappa shape index (κ2) is 5.31. The van der Waals surface area contributed by atoms with E-state index in [2.05, 4.69) is 4.98 Å². The fourth-order valence-electron chi connectivity index (χ4n) is 1.73. The largest absolute Gasteiger partial charge is 0.507 e. The Labute approximate surface area is 105 Å². The standard InChI is InChI=1S/C14H13NO3/c1-2-18-14(17)13-11(4-3-5-12(13)16)10-6-8-15-9-7-10/h3-9,16H,2H2,1H3. The van der Waals surface area contributed by atoms with E-state index < -0.39 is 5.97 Å². The van der Waals surface area contributed by atoms with Gasteiger partial charge in [0.05, 0.1) is 6.61 Å². The third kappa shape index (κ3) is 2.32. The Morgan fingerprint density at radius 1 is 1.28 bits per heavy atom. The van der Waals surface area contributed by atoms with E-state index in [4.69, 9.17) is 4.74 Å². The Hall–Kier alpha value is -2.36. The van der Waals surface area contributed by atoms with Crippen LogP contribution in [0.1, 0.15) is 17.3 Å². The van der Waals surface area contributed by atoms with Gasteiger partial charge in [0.15, 0.2) is 0 Å². The molecule has 0 amide bonds. The predicted octanol–water partition coefficient (Wildman–Crippen LogP) is 2.63. The van der Waals surface area contributed by atoms with Crippen LogP contribution < -0.4 is 0 Å². The molecule has 2 aromatic rings. The maximum Gasteiger partial charge on any atom is 0.342 e. The van der Waals surface area contributed by atoms with E-state index in [-0.39, 0.29) is 17.9 Å². The van der Waals surface area contributed by atoms with Gasteiger partial charge in [-0.3, -0.25) is 4.98 Å². The first-order valence-corrected chi connectivity index (χ1v) is 5.63. The number of phenolic OH excluding ortho intramolecular Hbond substituents is 1. The molecule has 4 nitrogen and oxygen atoms in total. The van der Waals surface area contributed by atoms with Gasteiger partial charge in [0, 0.05) is 18.0 Å². The number of phenols is 1. The van der Waals surface area contributed by atoms with Crippen LogP contribution >= 0.6 is 0 Å². The molecule has 0 unspecified atom stereocenters. The van der Waals surface area contributed by atoms with E-state index in [0.717, 1.165) is 5.56 Å². The summed E-state index contributed by atoms with van der Waals surface area (Å²) >= 11 is 0. The highest BCUT2D eigenvalue weighted by Gasteiger charge is 2.18. The first-order valence-electron chi connectivity index (χ1n) is 5.63. The van der Waals surface area contributed by atoms with Crippen molar-refractivity contribution in [2.45, 2.75) is 6.92 Å². The van der Waals surface area contributed by atoms with Crippen LogP contribution in [-0.2, 0) is 4.74 Å². The lowest BCUT2D eigenvalue weighted by atomic mass is 10.00. The van der Waals surface area contributed by atoms with Gasteiger partial charge in [0.25, 0.3) is 0 Å². The summed E-state index contributed by atoms with van der Waals surface area (Å²) in [7, 11) is 0. The molecular weight excluding hydrogens is 230 g/mol. The Bertz CT molecular complexity index is 552. The maximum absolute atomic E-state index is 11.9. The number of benzene rings is 1. The van der Waals surface area contributed by atoms with Crippen molar-refractivity contribution in [2.75, 3.05) is 6.61 Å². The second-order valence-corrected chi connectivity index (χ2v) is 3.66. The average molecular weight is 243 g/mol. The number of esters is 1. The van der Waals surface area contributed by atoms with Crippen LogP contribution in [0.25, 0.3) is 11.1 Å². The molecule has 0 bridgehead atoms. The molecule has 0 aliphatic rings. The molecule has 1 N–H and O–H groups in total. The van der Waals surface area contributed by atoms with Crippen molar-refractivity contribution in [3.8, 4) is 16.9 Å². The zero-order chi connectivity index (χ0) is 13.0. The molecule has 4 heteroatoms. The lowest BCUT2D eigenvalue weighted by Gasteiger charge is -2.10. The molecule has 0 aliphatic heterocycles. The summed E-state index contributed by atoms with van der Waals surface area (Å²) in [5, 5.41) is 9.83. The number of aromatic nitrogens is 1. The van der Waals surface area contributed by atoms with Crippen molar-refractivity contribution in [3.05, 3.63) is 48.3 Å². The van der Waals surface area contributed by atoms with Gasteiger partial charge in [-0.2, -0.15) is 0 Å². The minimum absolute atomic E-state index is 0.0808. The van der Waals surface area contributed by atoms with Crippen molar-refractivity contribution >= 4 is 5.97 Å². The van der Waals surface area contributed by atoms with Gasteiger partial charge in [-0.25, -0.2) is 4.79 Å². The van der Waals surface area contributed by atoms with Gasteiger partial charge in [0.2, 0.25) is 0 Å². The number of ether oxygens (including phenoxy) is 1. The molecule has 0 aliphatic carbocycles. The predicted molar refractivity (Wildman–Crippen MR) is 67.3 cm³/mol. The Morgan fingerprint density at radius 2 is 2.00 bits per heavy atom. The molecule has 0 spiro atoms. The van der Waals surface area contributed by atoms with Gasteiger partial charge >= 0.3 is 5.97 Å². The zero-order valence-electron chi connectivity index (χ0n) is 9.96. The number of pyridine rings is 1. The van der Waals surface area contributed by atoms with E-state index in [0.29, 0.717) is 5.56 Å². The highest BCUT2D eigenvalue weighted by Crippen LogP contribution is 2.30. The van der Waals surface area contributed by atoms with Crippen LogP contribution in [0.5, 0.6) is 5.75 Å². The fraction of sp³-hybridized carbons (Fsp3) is 0.143. The molecule has 1 aromatic carbocycles. The van der Waals surface area contributed by atoms with Crippen LogP contribution in [0.2, 0.25) is 0 Å². The second-order valence-electron chi connectivity index (χ2n) is 3.66. The summed E-state index contributed by atoms with van der Waals surface area (Å²) in [6.45, 7) is 1.99. The highest BCUT2D eigenvalue weighted by atomic mass is 16.5. The average Bonchev–Trinajstić information content (AvgIpc) is 2.39. The van der Waals surface area contributed by atoms with E-state index in [1.807, 2.05) is 0 Å². The third-order valence-electron chi connectivity index (χ3n) is 2.51. The normalized spacial score (nSPS) is 10.1. The highest BCUT2D eigenvalue weighted by molar-refractivity contribution is 6.00. The Kier molecular flexibility index (Phi) is 3.57. The molecule has 2 rings (SSSR count). The molecule has 0 saturated heterocycles. The SMILES string of the molecule is CCOC(=O)c1c(O)cccc1-c1ccncc1. The van der Waals surface area contributed by atoms with Crippen molar-refractivity contribution < 1.29 is 14.6 Å². The molecule has 0 saturated carbocycles. The molecule has 18 heavy (non-hydrogen) atoms. The molecule has 92 valence electrons. The van der Waals surface area contributed by atoms with Crippen molar-refractivity contribution in [2.24, 2.45) is 0 Å². The van der Waals surface area contributed by atoms with Crippen LogP contribution in [0.4, 0.5) is 0 Å². The summed E-state index contributed by atoms with van der Waals surface area (Å²) in [5.41, 5.74) is 1.63. The lowest BCUT2D eigenvalue weighted by Crippen LogP contribution is -2.06. The van der Waals surface area contributed by atoms with E-state index in [9.17, 15) is 9.90 Å². The van der Waals surface area contributed by atoms with Gasteiger partial charge in [0.1, 0.15) is 11.3 Å². The number of nitrogens with zero attached hydrogens (tertiary/aromatic N) is 1. The van der Waals surface area contributed by atoms with Crippen LogP contribution in [0.3, 0.4) is 0 Å². The van der Waals surface area contributed by atoms with Crippen LogP contribution in [0.15, 0.2) is 42.7 Å². The van der Waals surface area contributed by atoms with Crippen molar-refractivity contribution in [1.29, 1.82) is 0 Å². The summed E-state index contributed by atoms with van der Waals surface area (Å²) < 4.78 is 4.96. The van der Waals surface area contributed by atoms with Gasteiger partial charge in [-0.1, -0.05) is 12.1 Å². The fourth-order valence-corrected chi connectivity index (χ4v) is 1.73. The third-order valence-corrected chi connectivity index (χ3v) is 2.51. The summed E-state index contributed by atoms with van der Waals surface area (Å²) in [4.78, 5) is 15.8. The number of hydrogen-bond acceptors (Lipinski definition) is 4.